The van der Waals surface area contributed by atoms with Gasteiger partial charge in [-0.3, -0.25) is 14.4 Å². The van der Waals surface area contributed by atoms with Crippen molar-refractivity contribution in [2.24, 2.45) is 0 Å². The molecular weight excluding hydrogens is 462 g/mol. The van der Waals surface area contributed by atoms with E-state index in [4.69, 9.17) is 4.74 Å². The van der Waals surface area contributed by atoms with E-state index in [2.05, 4.69) is 31.9 Å². The number of nitrogens with one attached hydrogen (secondary N) is 3. The van der Waals surface area contributed by atoms with Crippen LogP contribution in [0.2, 0.25) is 0 Å². The van der Waals surface area contributed by atoms with Gasteiger partial charge in [-0.1, -0.05) is 22.0 Å². The summed E-state index contributed by atoms with van der Waals surface area (Å²) in [7, 11) is 1.57. The molecular formula is C23H20BrN3O4. The maximum atomic E-state index is 12.4. The molecule has 3 rings (SSSR count). The van der Waals surface area contributed by atoms with Crippen molar-refractivity contribution in [2.45, 2.75) is 0 Å². The number of methoxy groups -OCH3 is 1. The van der Waals surface area contributed by atoms with Gasteiger partial charge in [0.15, 0.2) is 0 Å². The molecule has 0 atom stereocenters. The zero-order chi connectivity index (χ0) is 22.2. The number of ether oxygens (including phenoxy) is 1. The van der Waals surface area contributed by atoms with Crippen molar-refractivity contribution < 1.29 is 19.1 Å². The van der Waals surface area contributed by atoms with Crippen LogP contribution in [-0.2, 0) is 4.79 Å². The van der Waals surface area contributed by atoms with E-state index < -0.39 is 0 Å². The lowest BCUT2D eigenvalue weighted by molar-refractivity contribution is -0.115. The van der Waals surface area contributed by atoms with Crippen LogP contribution in [0.3, 0.4) is 0 Å². The number of amides is 3. The standard InChI is InChI=1S/C23H20BrN3O4/c1-31-20-11-9-19(10-12-20)27-23(30)15-5-7-18(8-6-15)26-21(28)14-25-22(29)16-3-2-4-17(24)13-16/h2-13H,14H2,1H3,(H,25,29)(H,26,28)(H,27,30). The first-order valence-electron chi connectivity index (χ1n) is 9.33. The molecule has 158 valence electrons. The van der Waals surface area contributed by atoms with E-state index in [0.29, 0.717) is 28.3 Å². The van der Waals surface area contributed by atoms with E-state index in [9.17, 15) is 14.4 Å². The maximum Gasteiger partial charge on any atom is 0.255 e. The van der Waals surface area contributed by atoms with Gasteiger partial charge in [0.1, 0.15) is 5.75 Å². The summed E-state index contributed by atoms with van der Waals surface area (Å²) in [6.45, 7) is -0.176. The topological polar surface area (TPSA) is 96.5 Å². The Bertz CT molecular complexity index is 1080. The first-order valence-corrected chi connectivity index (χ1v) is 10.1. The van der Waals surface area contributed by atoms with Gasteiger partial charge in [-0.15, -0.1) is 0 Å². The third-order valence-corrected chi connectivity index (χ3v) is 4.77. The lowest BCUT2D eigenvalue weighted by Crippen LogP contribution is -2.32. The Morgan fingerprint density at radius 3 is 2.10 bits per heavy atom. The van der Waals surface area contributed by atoms with Crippen LogP contribution in [-0.4, -0.2) is 31.4 Å². The summed E-state index contributed by atoms with van der Waals surface area (Å²) in [6, 6.07) is 20.3. The fraction of sp³-hybridized carbons (Fsp3) is 0.0870. The number of rotatable bonds is 7. The predicted molar refractivity (Wildman–Crippen MR) is 122 cm³/mol. The fourth-order valence-corrected chi connectivity index (χ4v) is 3.08. The second-order valence-corrected chi connectivity index (χ2v) is 7.42. The minimum Gasteiger partial charge on any atom is -0.497 e. The lowest BCUT2D eigenvalue weighted by atomic mass is 10.2. The quantitative estimate of drug-likeness (QED) is 0.473. The van der Waals surface area contributed by atoms with Crippen LogP contribution in [0.5, 0.6) is 5.75 Å². The van der Waals surface area contributed by atoms with E-state index >= 15 is 0 Å². The molecule has 0 unspecified atom stereocenters. The van der Waals surface area contributed by atoms with Gasteiger partial charge in [0.05, 0.1) is 13.7 Å². The Morgan fingerprint density at radius 1 is 0.806 bits per heavy atom. The number of carbonyl (C=O) groups excluding carboxylic acids is 3. The van der Waals surface area contributed by atoms with Crippen molar-refractivity contribution in [1.29, 1.82) is 0 Å². The van der Waals surface area contributed by atoms with E-state index in [1.54, 1.807) is 73.8 Å². The first kappa shape index (κ1) is 22.0. The highest BCUT2D eigenvalue weighted by Gasteiger charge is 2.10. The van der Waals surface area contributed by atoms with Crippen LogP contribution in [0.1, 0.15) is 20.7 Å². The van der Waals surface area contributed by atoms with E-state index in [1.165, 1.54) is 0 Å². The van der Waals surface area contributed by atoms with Crippen molar-refractivity contribution in [3.63, 3.8) is 0 Å². The molecule has 0 aliphatic carbocycles. The Labute approximate surface area is 187 Å². The van der Waals surface area contributed by atoms with Crippen molar-refractivity contribution in [1.82, 2.24) is 5.32 Å². The molecule has 0 aromatic heterocycles. The lowest BCUT2D eigenvalue weighted by Gasteiger charge is -2.09. The summed E-state index contributed by atoms with van der Waals surface area (Å²) in [5.74, 6) is -0.295. The smallest absolute Gasteiger partial charge is 0.255 e. The van der Waals surface area contributed by atoms with Gasteiger partial charge in [-0.25, -0.2) is 0 Å². The molecule has 0 heterocycles. The highest BCUT2D eigenvalue weighted by Crippen LogP contribution is 2.17. The minimum atomic E-state index is -0.376. The SMILES string of the molecule is COc1ccc(NC(=O)c2ccc(NC(=O)CNC(=O)c3cccc(Br)c3)cc2)cc1. The molecule has 0 fully saturated rings. The summed E-state index contributed by atoms with van der Waals surface area (Å²) < 4.78 is 5.87. The van der Waals surface area contributed by atoms with Crippen LogP contribution >= 0.6 is 15.9 Å². The molecule has 0 aliphatic heterocycles. The molecule has 0 bridgehead atoms. The molecule has 3 aromatic carbocycles. The molecule has 0 radical (unpaired) electrons. The number of hydrogen-bond acceptors (Lipinski definition) is 4. The van der Waals surface area contributed by atoms with Gasteiger partial charge in [-0.2, -0.15) is 0 Å². The first-order chi connectivity index (χ1) is 14.9. The van der Waals surface area contributed by atoms with Gasteiger partial charge in [0, 0.05) is 27.0 Å². The number of carbonyl (C=O) groups is 3. The number of hydrogen-bond donors (Lipinski definition) is 3. The molecule has 0 spiro atoms. The molecule has 3 aromatic rings. The molecule has 31 heavy (non-hydrogen) atoms. The zero-order valence-corrected chi connectivity index (χ0v) is 18.2. The molecule has 3 amide bonds. The average Bonchev–Trinajstić information content (AvgIpc) is 2.78. The summed E-state index contributed by atoms with van der Waals surface area (Å²) in [5, 5.41) is 8.04. The van der Waals surface area contributed by atoms with Crippen molar-refractivity contribution in [3.05, 3.63) is 88.4 Å². The molecule has 0 saturated heterocycles. The highest BCUT2D eigenvalue weighted by atomic mass is 79.9. The predicted octanol–water partition coefficient (Wildman–Crippen LogP) is 4.08. The summed E-state index contributed by atoms with van der Waals surface area (Å²) >= 11 is 3.30. The Hall–Kier alpha value is -3.65. The summed E-state index contributed by atoms with van der Waals surface area (Å²) in [6.07, 6.45) is 0. The largest absolute Gasteiger partial charge is 0.497 e. The van der Waals surface area contributed by atoms with E-state index in [1.807, 2.05) is 6.07 Å². The maximum absolute atomic E-state index is 12.4. The Morgan fingerprint density at radius 2 is 1.45 bits per heavy atom. The van der Waals surface area contributed by atoms with Crippen LogP contribution in [0.25, 0.3) is 0 Å². The molecule has 0 aliphatic rings. The number of benzene rings is 3. The third-order valence-electron chi connectivity index (χ3n) is 4.28. The second kappa shape index (κ2) is 10.4. The molecule has 8 heteroatoms. The van der Waals surface area contributed by atoms with Gasteiger partial charge >= 0.3 is 0 Å². The van der Waals surface area contributed by atoms with Crippen molar-refractivity contribution in [2.75, 3.05) is 24.3 Å². The van der Waals surface area contributed by atoms with Gasteiger partial charge in [-0.05, 0) is 66.7 Å². The Balaban J connectivity index is 1.50. The van der Waals surface area contributed by atoms with Crippen molar-refractivity contribution in [3.8, 4) is 5.75 Å². The summed E-state index contributed by atoms with van der Waals surface area (Å²) in [4.78, 5) is 36.6. The second-order valence-electron chi connectivity index (χ2n) is 6.50. The van der Waals surface area contributed by atoms with Crippen molar-refractivity contribution >= 4 is 45.0 Å². The summed E-state index contributed by atoms with van der Waals surface area (Å²) in [5.41, 5.74) is 2.05. The Kier molecular flexibility index (Phi) is 7.40. The number of halogens is 1. The van der Waals surface area contributed by atoms with Gasteiger partial charge in [0.2, 0.25) is 5.91 Å². The molecule has 7 nitrogen and oxygen atoms in total. The normalized spacial score (nSPS) is 10.1. The average molecular weight is 482 g/mol. The van der Waals surface area contributed by atoms with Gasteiger partial charge in [0.25, 0.3) is 11.8 Å². The van der Waals surface area contributed by atoms with Crippen LogP contribution in [0.15, 0.2) is 77.3 Å². The molecule has 0 saturated carbocycles. The highest BCUT2D eigenvalue weighted by molar-refractivity contribution is 9.10. The minimum absolute atomic E-state index is 0.176. The monoisotopic (exact) mass is 481 g/mol. The van der Waals surface area contributed by atoms with Crippen LogP contribution in [0.4, 0.5) is 11.4 Å². The van der Waals surface area contributed by atoms with E-state index in [-0.39, 0.29) is 24.3 Å². The molecule has 3 N–H and O–H groups in total. The fourth-order valence-electron chi connectivity index (χ4n) is 2.68. The number of anilines is 2. The third kappa shape index (κ3) is 6.42. The van der Waals surface area contributed by atoms with E-state index in [0.717, 1.165) is 4.47 Å². The van der Waals surface area contributed by atoms with Crippen LogP contribution in [0, 0.1) is 0 Å². The zero-order valence-electron chi connectivity index (χ0n) is 16.6. The van der Waals surface area contributed by atoms with Crippen LogP contribution < -0.4 is 20.7 Å². The van der Waals surface area contributed by atoms with Gasteiger partial charge < -0.3 is 20.7 Å².